The Hall–Kier alpha value is -1.39. The van der Waals surface area contributed by atoms with Crippen molar-refractivity contribution < 1.29 is 4.68 Å². The molecule has 48 valence electrons. The molecule has 0 aliphatic carbocycles. The van der Waals surface area contributed by atoms with E-state index in [2.05, 4.69) is 10.1 Å². The lowest BCUT2D eigenvalue weighted by Gasteiger charge is -1.84. The third-order valence-electron chi connectivity index (χ3n) is 0.821. The first-order valence-corrected chi connectivity index (χ1v) is 2.41. The molecule has 0 aliphatic rings. The average molecular weight is 127 g/mol. The zero-order chi connectivity index (χ0) is 6.85. The molecule has 0 aliphatic heterocycles. The summed E-state index contributed by atoms with van der Waals surface area (Å²) in [5.41, 5.74) is 4.93. The second-order valence-electron chi connectivity index (χ2n) is 1.68. The molecule has 0 unspecified atom stereocenters. The predicted molar refractivity (Wildman–Crippen MR) is 30.4 cm³/mol. The second kappa shape index (κ2) is 1.85. The molecule has 1 aromatic heterocycles. The number of hydrogen-bond donors (Lipinski definition) is 2. The van der Waals surface area contributed by atoms with E-state index < -0.39 is 0 Å². The fourth-order valence-electron chi connectivity index (χ4n) is 0.552. The minimum Gasteiger partial charge on any atom is -0.365 e. The molecule has 0 aromatic carbocycles. The number of rotatable bonds is 0. The van der Waals surface area contributed by atoms with Crippen molar-refractivity contribution in [3.63, 3.8) is 0 Å². The number of hydrogen-bond acceptors (Lipinski definition) is 3. The molecule has 0 saturated carbocycles. The molecule has 0 saturated heterocycles. The lowest BCUT2D eigenvalue weighted by atomic mass is 10.8. The first kappa shape index (κ1) is 5.74. The van der Waals surface area contributed by atoms with Crippen molar-refractivity contribution in [2.75, 3.05) is 5.73 Å². The first-order valence-electron chi connectivity index (χ1n) is 2.41. The summed E-state index contributed by atoms with van der Waals surface area (Å²) < 4.78 is 1.36. The van der Waals surface area contributed by atoms with Crippen LogP contribution in [0.2, 0.25) is 0 Å². The van der Waals surface area contributed by atoms with Gasteiger partial charge in [0.05, 0.1) is 0 Å². The van der Waals surface area contributed by atoms with Gasteiger partial charge in [-0.05, 0) is 0 Å². The summed E-state index contributed by atoms with van der Waals surface area (Å²) in [4.78, 5) is 12.8. The summed E-state index contributed by atoms with van der Waals surface area (Å²) in [5, 5.41) is 3.67. The van der Waals surface area contributed by atoms with Gasteiger partial charge in [-0.15, -0.1) is 0 Å². The summed E-state index contributed by atoms with van der Waals surface area (Å²) in [6.45, 7) is 0. The maximum absolute atomic E-state index is 10.5. The van der Waals surface area contributed by atoms with Gasteiger partial charge < -0.3 is 5.73 Å². The highest BCUT2D eigenvalue weighted by Crippen LogP contribution is 1.70. The SMILES string of the molecule is C[n+]1cc(=O)[nH]c(N)n1. The third kappa shape index (κ3) is 1.25. The van der Waals surface area contributed by atoms with Gasteiger partial charge in [0.25, 0.3) is 12.1 Å². The van der Waals surface area contributed by atoms with Crippen LogP contribution in [0.1, 0.15) is 0 Å². The lowest BCUT2D eigenvalue weighted by molar-refractivity contribution is -0.730. The Labute approximate surface area is 51.1 Å². The van der Waals surface area contributed by atoms with Crippen molar-refractivity contribution in [1.29, 1.82) is 0 Å². The van der Waals surface area contributed by atoms with Gasteiger partial charge in [0, 0.05) is 5.10 Å². The molecule has 0 spiro atoms. The summed E-state index contributed by atoms with van der Waals surface area (Å²) in [6.07, 6.45) is 1.30. The van der Waals surface area contributed by atoms with E-state index >= 15 is 0 Å². The van der Waals surface area contributed by atoms with E-state index in [1.54, 1.807) is 7.05 Å². The highest BCUT2D eigenvalue weighted by Gasteiger charge is 1.96. The summed E-state index contributed by atoms with van der Waals surface area (Å²) in [7, 11) is 1.63. The summed E-state index contributed by atoms with van der Waals surface area (Å²) in [6, 6.07) is 0. The molecule has 0 atom stereocenters. The number of H-pyrrole nitrogens is 1. The van der Waals surface area contributed by atoms with Crippen molar-refractivity contribution in [3.05, 3.63) is 16.6 Å². The largest absolute Gasteiger partial charge is 0.365 e. The van der Waals surface area contributed by atoms with Crippen LogP contribution in [0, 0.1) is 0 Å². The standard InChI is InChI=1S/C4H6N4O/c1-8-2-3(9)6-4(5)7-8/h2H,1H3,(H2-,5,6,7,9)/p+1. The van der Waals surface area contributed by atoms with Crippen LogP contribution in [-0.2, 0) is 7.05 Å². The van der Waals surface area contributed by atoms with Gasteiger partial charge >= 0.3 is 5.56 Å². The highest BCUT2D eigenvalue weighted by atomic mass is 16.1. The van der Waals surface area contributed by atoms with E-state index in [4.69, 9.17) is 5.73 Å². The molecule has 5 nitrogen and oxygen atoms in total. The Kier molecular flexibility index (Phi) is 1.18. The first-order chi connectivity index (χ1) is 4.18. The van der Waals surface area contributed by atoms with Crippen molar-refractivity contribution in [2.45, 2.75) is 0 Å². The fraction of sp³-hybridized carbons (Fsp3) is 0.250. The minimum absolute atomic E-state index is 0.130. The molecule has 1 rings (SSSR count). The lowest BCUT2D eigenvalue weighted by Crippen LogP contribution is -2.38. The van der Waals surface area contributed by atoms with Crippen LogP contribution in [0.4, 0.5) is 5.95 Å². The molecule has 0 amide bonds. The number of aryl methyl sites for hydroxylation is 1. The average Bonchev–Trinajstić information content (AvgIpc) is 1.59. The van der Waals surface area contributed by atoms with Gasteiger partial charge in [-0.2, -0.15) is 0 Å². The molecule has 0 fully saturated rings. The Balaban J connectivity index is 3.33. The van der Waals surface area contributed by atoms with Gasteiger partial charge in [0.15, 0.2) is 7.05 Å². The molecular formula is C4H7N4O+. The number of nitrogens with one attached hydrogen (secondary N) is 1. The van der Waals surface area contributed by atoms with E-state index in [0.29, 0.717) is 0 Å². The number of aromatic nitrogens is 3. The molecule has 1 heterocycles. The zero-order valence-electron chi connectivity index (χ0n) is 4.96. The molecule has 5 heteroatoms. The maximum Gasteiger partial charge on any atom is 0.317 e. The number of nitrogens with zero attached hydrogens (tertiary/aromatic N) is 2. The van der Waals surface area contributed by atoms with Crippen LogP contribution in [0.15, 0.2) is 11.0 Å². The van der Waals surface area contributed by atoms with Crippen LogP contribution in [-0.4, -0.2) is 10.1 Å². The smallest absolute Gasteiger partial charge is 0.317 e. The van der Waals surface area contributed by atoms with E-state index in [-0.39, 0.29) is 11.5 Å². The molecule has 0 radical (unpaired) electrons. The Morgan fingerprint density at radius 3 is 3.00 bits per heavy atom. The van der Waals surface area contributed by atoms with Crippen molar-refractivity contribution in [1.82, 2.24) is 10.1 Å². The highest BCUT2D eigenvalue weighted by molar-refractivity contribution is 5.06. The quantitative estimate of drug-likeness (QED) is 0.403. The van der Waals surface area contributed by atoms with Gasteiger partial charge in [0.2, 0.25) is 0 Å². The van der Waals surface area contributed by atoms with Crippen molar-refractivity contribution in [3.8, 4) is 0 Å². The number of aromatic amines is 1. The van der Waals surface area contributed by atoms with Gasteiger partial charge in [-0.25, -0.2) is 0 Å². The monoisotopic (exact) mass is 127 g/mol. The normalized spacial score (nSPS) is 9.44. The third-order valence-corrected chi connectivity index (χ3v) is 0.821. The van der Waals surface area contributed by atoms with Crippen LogP contribution in [0.5, 0.6) is 0 Å². The van der Waals surface area contributed by atoms with Crippen LogP contribution in [0.25, 0.3) is 0 Å². The summed E-state index contributed by atoms with van der Waals surface area (Å²) in [5.74, 6) is 0.130. The molecule has 0 bridgehead atoms. The number of nitrogens with two attached hydrogens (primary N) is 1. The molecule has 3 N–H and O–H groups in total. The van der Waals surface area contributed by atoms with E-state index in [1.807, 2.05) is 0 Å². The van der Waals surface area contributed by atoms with Crippen molar-refractivity contribution in [2.24, 2.45) is 7.05 Å². The Morgan fingerprint density at radius 1 is 1.89 bits per heavy atom. The molecular weight excluding hydrogens is 120 g/mol. The zero-order valence-corrected chi connectivity index (χ0v) is 4.96. The molecule has 9 heavy (non-hydrogen) atoms. The molecule has 1 aromatic rings. The second-order valence-corrected chi connectivity index (χ2v) is 1.68. The van der Waals surface area contributed by atoms with Gasteiger partial charge in [0.1, 0.15) is 0 Å². The van der Waals surface area contributed by atoms with Crippen LogP contribution in [0.3, 0.4) is 0 Å². The Morgan fingerprint density at radius 2 is 2.56 bits per heavy atom. The van der Waals surface area contributed by atoms with Crippen molar-refractivity contribution >= 4 is 5.95 Å². The van der Waals surface area contributed by atoms with Gasteiger partial charge in [-0.3, -0.25) is 9.78 Å². The van der Waals surface area contributed by atoms with E-state index in [9.17, 15) is 4.79 Å². The minimum atomic E-state index is -0.245. The van der Waals surface area contributed by atoms with Crippen LogP contribution >= 0.6 is 0 Å². The van der Waals surface area contributed by atoms with E-state index in [1.165, 1.54) is 10.9 Å². The van der Waals surface area contributed by atoms with E-state index in [0.717, 1.165) is 0 Å². The number of anilines is 1. The fourth-order valence-corrected chi connectivity index (χ4v) is 0.552. The topological polar surface area (TPSA) is 75.6 Å². The van der Waals surface area contributed by atoms with Crippen LogP contribution < -0.4 is 16.0 Å². The Bertz CT molecular complexity index is 242. The maximum atomic E-state index is 10.5. The predicted octanol–water partition coefficient (Wildman–Crippen LogP) is -1.82. The number of nitrogen functional groups attached to an aromatic ring is 1. The van der Waals surface area contributed by atoms with Gasteiger partial charge in [-0.1, -0.05) is 4.68 Å². The summed E-state index contributed by atoms with van der Waals surface area (Å²) >= 11 is 0.